The molecule has 0 aromatic heterocycles. The summed E-state index contributed by atoms with van der Waals surface area (Å²) in [5, 5.41) is 1.06. The molecule has 0 fully saturated rings. The second-order valence-electron chi connectivity index (χ2n) is 1.92. The minimum absolute atomic E-state index is 0. The van der Waals surface area contributed by atoms with E-state index in [9.17, 15) is 0 Å². The molecule has 0 nitrogen and oxygen atoms in total. The van der Waals surface area contributed by atoms with Gasteiger partial charge < -0.3 is 50.9 Å². The fraction of sp³-hybridized carbons (Fsp3) is 0.333. The van der Waals surface area contributed by atoms with Gasteiger partial charge in [-0.15, -0.1) is 17.0 Å². The Morgan fingerprint density at radius 1 is 1.00 bits per heavy atom. The van der Waals surface area contributed by atoms with Crippen molar-refractivity contribution in [3.8, 4) is 0 Å². The van der Waals surface area contributed by atoms with E-state index < -0.39 is 0 Å². The Labute approximate surface area is 154 Å². The molecule has 1 aromatic carbocycles. The van der Waals surface area contributed by atoms with Crippen LogP contribution in [0.3, 0.4) is 0 Å². The van der Waals surface area contributed by atoms with E-state index in [1.807, 2.05) is 25.1 Å². The van der Waals surface area contributed by atoms with Gasteiger partial charge in [0.05, 0.1) is 0 Å². The molecule has 0 amide bonds. The van der Waals surface area contributed by atoms with Crippen LogP contribution < -0.4 is 50.9 Å². The second-order valence-corrected chi connectivity index (χ2v) is 3.04. The van der Waals surface area contributed by atoms with Crippen molar-refractivity contribution >= 4 is 50.3 Å². The van der Waals surface area contributed by atoms with Gasteiger partial charge in [-0.2, -0.15) is 0 Å². The SMILES string of the molecule is Br.CCBr.Cc1ccccc1.[Al+3].[Br-].[Br-].[Br-]. The van der Waals surface area contributed by atoms with Crippen LogP contribution in [-0.2, 0) is 0 Å². The van der Waals surface area contributed by atoms with Crippen molar-refractivity contribution < 1.29 is 50.9 Å². The molecule has 0 spiro atoms. The Bertz CT molecular complexity index is 160. The average molecular weight is 549 g/mol. The Morgan fingerprint density at radius 2 is 1.27 bits per heavy atom. The van der Waals surface area contributed by atoms with Crippen LogP contribution in [0.2, 0.25) is 0 Å². The third-order valence-corrected chi connectivity index (χ3v) is 0.940. The van der Waals surface area contributed by atoms with E-state index in [0.717, 1.165) is 5.33 Å². The molecule has 0 heterocycles. The van der Waals surface area contributed by atoms with Gasteiger partial charge in [-0.05, 0) is 6.92 Å². The zero-order valence-corrected chi connectivity index (χ0v) is 17.8. The molecular weight excluding hydrogens is 535 g/mol. The van der Waals surface area contributed by atoms with Crippen molar-refractivity contribution in [2.24, 2.45) is 0 Å². The van der Waals surface area contributed by atoms with Crippen LogP contribution in [0.25, 0.3) is 0 Å². The predicted molar refractivity (Wildman–Crippen MR) is 66.7 cm³/mol. The van der Waals surface area contributed by atoms with Crippen LogP contribution in [0.5, 0.6) is 0 Å². The first kappa shape index (κ1) is 36.0. The van der Waals surface area contributed by atoms with Crippen LogP contribution in [0, 0.1) is 6.92 Å². The van der Waals surface area contributed by atoms with Crippen LogP contribution in [-0.4, -0.2) is 22.7 Å². The van der Waals surface area contributed by atoms with E-state index >= 15 is 0 Å². The molecule has 0 unspecified atom stereocenters. The molecule has 0 aliphatic carbocycles. The molecule has 0 N–H and O–H groups in total. The monoisotopic (exact) mass is 544 g/mol. The van der Waals surface area contributed by atoms with E-state index in [1.165, 1.54) is 5.56 Å². The molecule has 0 atom stereocenters. The normalized spacial score (nSPS) is 5.27. The van der Waals surface area contributed by atoms with Gasteiger partial charge >= 0.3 is 17.4 Å². The van der Waals surface area contributed by atoms with Gasteiger partial charge in [-0.3, -0.25) is 0 Å². The summed E-state index contributed by atoms with van der Waals surface area (Å²) in [6.45, 7) is 4.12. The van der Waals surface area contributed by atoms with Crippen LogP contribution in [0.4, 0.5) is 0 Å². The topological polar surface area (TPSA) is 0 Å². The number of alkyl halides is 1. The van der Waals surface area contributed by atoms with Crippen molar-refractivity contribution in [2.45, 2.75) is 13.8 Å². The van der Waals surface area contributed by atoms with Crippen LogP contribution >= 0.6 is 32.9 Å². The van der Waals surface area contributed by atoms with Gasteiger partial charge in [-0.25, -0.2) is 0 Å². The number of aryl methyl sites for hydroxylation is 1. The number of hydrogen-bond donors (Lipinski definition) is 0. The molecule has 0 aliphatic heterocycles. The largest absolute Gasteiger partial charge is 3.00 e. The standard InChI is InChI=1S/C7H8.C2H5Br.Al.4BrH/c1-7-5-3-2-4-6-7;1-2-3;;;;;/h2-6H,1H3;2H2,1H3;;4*1H/q;;+3;;;;/p-3. The minimum atomic E-state index is 0. The summed E-state index contributed by atoms with van der Waals surface area (Å²) in [6, 6.07) is 10.3. The fourth-order valence-electron chi connectivity index (χ4n) is 0.534. The zero-order valence-electron chi connectivity index (χ0n) is 8.59. The summed E-state index contributed by atoms with van der Waals surface area (Å²) in [6.07, 6.45) is 0. The maximum absolute atomic E-state index is 3.15. The number of halogens is 5. The van der Waals surface area contributed by atoms with E-state index in [-0.39, 0.29) is 85.3 Å². The maximum Gasteiger partial charge on any atom is 3.00 e. The molecule has 88 valence electrons. The van der Waals surface area contributed by atoms with Crippen LogP contribution in [0.1, 0.15) is 12.5 Å². The van der Waals surface area contributed by atoms with Crippen LogP contribution in [0.15, 0.2) is 30.3 Å². The molecular formula is C9H14AlBr5. The Morgan fingerprint density at radius 3 is 1.40 bits per heavy atom. The molecule has 15 heavy (non-hydrogen) atoms. The average Bonchev–Trinajstić information content (AvgIpc) is 1.91. The molecule has 0 radical (unpaired) electrons. The summed E-state index contributed by atoms with van der Waals surface area (Å²) in [4.78, 5) is 0. The number of rotatable bonds is 0. The first-order valence-corrected chi connectivity index (χ1v) is 4.51. The van der Waals surface area contributed by atoms with Gasteiger partial charge in [0.25, 0.3) is 0 Å². The molecule has 0 saturated carbocycles. The molecule has 0 aliphatic rings. The first-order chi connectivity index (χ1) is 4.81. The predicted octanol–water partition coefficient (Wildman–Crippen LogP) is -5.39. The van der Waals surface area contributed by atoms with Crippen molar-refractivity contribution in [2.75, 3.05) is 5.33 Å². The van der Waals surface area contributed by atoms with Gasteiger partial charge in [-0.1, -0.05) is 58.7 Å². The zero-order chi connectivity index (χ0) is 7.82. The second kappa shape index (κ2) is 29.8. The molecule has 0 bridgehead atoms. The number of hydrogen-bond acceptors (Lipinski definition) is 0. The van der Waals surface area contributed by atoms with Crippen molar-refractivity contribution in [1.29, 1.82) is 0 Å². The summed E-state index contributed by atoms with van der Waals surface area (Å²) < 4.78 is 0. The third kappa shape index (κ3) is 31.4. The van der Waals surface area contributed by atoms with E-state index in [2.05, 4.69) is 35.0 Å². The third-order valence-electron chi connectivity index (χ3n) is 0.940. The van der Waals surface area contributed by atoms with Crippen molar-refractivity contribution in [1.82, 2.24) is 0 Å². The Hall–Kier alpha value is 2.15. The summed E-state index contributed by atoms with van der Waals surface area (Å²) in [5.41, 5.74) is 1.32. The van der Waals surface area contributed by atoms with Crippen molar-refractivity contribution in [3.05, 3.63) is 35.9 Å². The maximum atomic E-state index is 3.15. The van der Waals surface area contributed by atoms with Gasteiger partial charge in [0.1, 0.15) is 0 Å². The van der Waals surface area contributed by atoms with Gasteiger partial charge in [0.15, 0.2) is 0 Å². The first-order valence-electron chi connectivity index (χ1n) is 3.39. The van der Waals surface area contributed by atoms with E-state index in [1.54, 1.807) is 0 Å². The van der Waals surface area contributed by atoms with Crippen molar-refractivity contribution in [3.63, 3.8) is 0 Å². The quantitative estimate of drug-likeness (QED) is 0.225. The molecule has 0 saturated heterocycles. The molecule has 1 rings (SSSR count). The van der Waals surface area contributed by atoms with Gasteiger partial charge in [0.2, 0.25) is 0 Å². The Balaban J connectivity index is -0.0000000234. The fourth-order valence-corrected chi connectivity index (χ4v) is 0.534. The molecule has 6 heteroatoms. The van der Waals surface area contributed by atoms with E-state index in [4.69, 9.17) is 0 Å². The summed E-state index contributed by atoms with van der Waals surface area (Å²) >= 11 is 3.15. The Kier molecular flexibility index (Phi) is 71.5. The summed E-state index contributed by atoms with van der Waals surface area (Å²) in [7, 11) is 0. The van der Waals surface area contributed by atoms with E-state index in [0.29, 0.717) is 0 Å². The minimum Gasteiger partial charge on any atom is -1.00 e. The molecule has 1 aromatic rings. The summed E-state index contributed by atoms with van der Waals surface area (Å²) in [5.74, 6) is 0. The number of benzene rings is 1. The smallest absolute Gasteiger partial charge is 1.00 e. The van der Waals surface area contributed by atoms with Gasteiger partial charge in [0, 0.05) is 5.33 Å².